The van der Waals surface area contributed by atoms with E-state index >= 15 is 0 Å². The average molecular weight is 375 g/mol. The van der Waals surface area contributed by atoms with Gasteiger partial charge in [0.05, 0.1) is 29.7 Å². The van der Waals surface area contributed by atoms with Crippen molar-refractivity contribution in [3.05, 3.63) is 23.8 Å². The molecule has 0 aromatic heterocycles. The number of rotatable bonds is 3. The number of halogens is 2. The van der Waals surface area contributed by atoms with E-state index in [2.05, 4.69) is 4.74 Å². The monoisotopic (exact) mass is 375 g/mol. The fraction of sp³-hybridized carbons (Fsp3) is 0.429. The van der Waals surface area contributed by atoms with E-state index in [-0.39, 0.29) is 36.0 Å². The normalized spacial score (nSPS) is 22.8. The SMILES string of the molecule is O=C([O-])[C@H]1CN(c2cc(F)c(N3CCS(=O)(=O)CC3)c(F)c2)C(=O)O1. The van der Waals surface area contributed by atoms with E-state index in [4.69, 9.17) is 0 Å². The summed E-state index contributed by atoms with van der Waals surface area (Å²) in [6.45, 7) is -0.524. The van der Waals surface area contributed by atoms with Gasteiger partial charge in [-0.1, -0.05) is 0 Å². The minimum atomic E-state index is -3.21. The Hall–Kier alpha value is -2.43. The average Bonchev–Trinajstić information content (AvgIpc) is 2.90. The van der Waals surface area contributed by atoms with E-state index in [9.17, 15) is 31.9 Å². The molecule has 1 amide bonds. The fourth-order valence-corrected chi connectivity index (χ4v) is 3.94. The van der Waals surface area contributed by atoms with Gasteiger partial charge in [0.2, 0.25) is 0 Å². The number of benzene rings is 1. The van der Waals surface area contributed by atoms with Crippen LogP contribution in [0.5, 0.6) is 0 Å². The number of hydrogen-bond donors (Lipinski definition) is 0. The van der Waals surface area contributed by atoms with Gasteiger partial charge in [-0.05, 0) is 0 Å². The van der Waals surface area contributed by atoms with Crippen LogP contribution in [-0.4, -0.2) is 57.7 Å². The quantitative estimate of drug-likeness (QED) is 0.686. The number of carbonyl (C=O) groups is 2. The molecule has 2 saturated heterocycles. The van der Waals surface area contributed by atoms with E-state index in [1.54, 1.807) is 0 Å². The first-order valence-electron chi connectivity index (χ1n) is 7.31. The molecule has 1 aromatic carbocycles. The molecule has 1 atom stereocenters. The molecule has 3 rings (SSSR count). The molecule has 11 heteroatoms. The lowest BCUT2D eigenvalue weighted by molar-refractivity contribution is -0.313. The Kier molecular flexibility index (Phi) is 4.27. The summed E-state index contributed by atoms with van der Waals surface area (Å²) in [4.78, 5) is 24.5. The molecule has 0 aliphatic carbocycles. The van der Waals surface area contributed by atoms with Gasteiger partial charge in [0.1, 0.15) is 5.69 Å². The van der Waals surface area contributed by atoms with Crippen LogP contribution in [0.25, 0.3) is 0 Å². The predicted octanol–water partition coefficient (Wildman–Crippen LogP) is -0.725. The maximum absolute atomic E-state index is 14.4. The molecule has 2 aliphatic rings. The van der Waals surface area contributed by atoms with Crippen molar-refractivity contribution in [3.8, 4) is 0 Å². The van der Waals surface area contributed by atoms with Crippen molar-refractivity contribution < 1.29 is 36.6 Å². The van der Waals surface area contributed by atoms with Gasteiger partial charge >= 0.3 is 6.09 Å². The van der Waals surface area contributed by atoms with Crippen molar-refractivity contribution in [2.75, 3.05) is 40.9 Å². The molecule has 0 saturated carbocycles. The lowest BCUT2D eigenvalue weighted by Crippen LogP contribution is -2.41. The molecule has 0 unspecified atom stereocenters. The first kappa shape index (κ1) is 17.4. The van der Waals surface area contributed by atoms with Gasteiger partial charge in [0, 0.05) is 25.2 Å². The zero-order chi connectivity index (χ0) is 18.4. The van der Waals surface area contributed by atoms with Crippen molar-refractivity contribution in [2.24, 2.45) is 0 Å². The van der Waals surface area contributed by atoms with Gasteiger partial charge in [0.15, 0.2) is 27.6 Å². The number of hydrogen-bond acceptors (Lipinski definition) is 7. The lowest BCUT2D eigenvalue weighted by atomic mass is 10.2. The molecule has 0 N–H and O–H groups in total. The Morgan fingerprint density at radius 1 is 1.20 bits per heavy atom. The molecule has 2 heterocycles. The summed E-state index contributed by atoms with van der Waals surface area (Å²) in [6, 6.07) is 1.75. The molecule has 25 heavy (non-hydrogen) atoms. The van der Waals surface area contributed by atoms with Crippen molar-refractivity contribution >= 4 is 33.3 Å². The third kappa shape index (κ3) is 3.36. The zero-order valence-electron chi connectivity index (χ0n) is 12.8. The second-order valence-electron chi connectivity index (χ2n) is 5.70. The number of carboxylic acids is 1. The van der Waals surface area contributed by atoms with Gasteiger partial charge in [0.25, 0.3) is 0 Å². The summed E-state index contributed by atoms with van der Waals surface area (Å²) in [5.41, 5.74) is -0.584. The summed E-state index contributed by atoms with van der Waals surface area (Å²) >= 11 is 0. The van der Waals surface area contributed by atoms with E-state index in [1.165, 1.54) is 4.90 Å². The smallest absolute Gasteiger partial charge is 0.415 e. The number of aliphatic carboxylic acids is 1. The molecule has 2 aliphatic heterocycles. The number of amides is 1. The lowest BCUT2D eigenvalue weighted by Gasteiger charge is -2.29. The standard InChI is InChI=1S/C14H14F2N2O6S/c15-9-5-8(18-7-11(13(19)20)24-14(18)21)6-10(16)12(9)17-1-3-25(22,23)4-2-17/h5-6,11H,1-4,7H2,(H,19,20)/p-1/t11-/m1/s1. The van der Waals surface area contributed by atoms with Gasteiger partial charge in [-0.15, -0.1) is 0 Å². The van der Waals surface area contributed by atoms with Crippen LogP contribution in [0, 0.1) is 11.6 Å². The highest BCUT2D eigenvalue weighted by molar-refractivity contribution is 7.91. The highest BCUT2D eigenvalue weighted by atomic mass is 32.2. The first-order valence-corrected chi connectivity index (χ1v) is 9.13. The summed E-state index contributed by atoms with van der Waals surface area (Å²) in [5, 5.41) is 10.8. The molecule has 8 nitrogen and oxygen atoms in total. The molecule has 0 bridgehead atoms. The summed E-state index contributed by atoms with van der Waals surface area (Å²) in [7, 11) is -3.21. The summed E-state index contributed by atoms with van der Waals surface area (Å²) in [6.07, 6.45) is -2.57. The molecule has 1 aromatic rings. The van der Waals surface area contributed by atoms with Crippen LogP contribution in [-0.2, 0) is 19.4 Å². The van der Waals surface area contributed by atoms with Crippen LogP contribution in [0.3, 0.4) is 0 Å². The highest BCUT2D eigenvalue weighted by Gasteiger charge is 2.34. The Morgan fingerprint density at radius 2 is 1.76 bits per heavy atom. The summed E-state index contributed by atoms with van der Waals surface area (Å²) < 4.78 is 56.2. The van der Waals surface area contributed by atoms with E-state index in [1.807, 2.05) is 0 Å². The van der Waals surface area contributed by atoms with Gasteiger partial charge < -0.3 is 19.5 Å². The predicted molar refractivity (Wildman–Crippen MR) is 79.8 cm³/mol. The molecule has 2 fully saturated rings. The number of carbonyl (C=O) groups excluding carboxylic acids is 2. The number of anilines is 2. The minimum Gasteiger partial charge on any atom is -0.546 e. The van der Waals surface area contributed by atoms with Crippen molar-refractivity contribution in [2.45, 2.75) is 6.10 Å². The van der Waals surface area contributed by atoms with Crippen molar-refractivity contribution in [1.29, 1.82) is 0 Å². The first-order chi connectivity index (χ1) is 11.7. The van der Waals surface area contributed by atoms with Crippen LogP contribution in [0.4, 0.5) is 25.0 Å². The second-order valence-corrected chi connectivity index (χ2v) is 8.00. The van der Waals surface area contributed by atoms with Crippen molar-refractivity contribution in [1.82, 2.24) is 0 Å². The van der Waals surface area contributed by atoms with Gasteiger partial charge in [-0.3, -0.25) is 4.90 Å². The maximum Gasteiger partial charge on any atom is 0.415 e. The molecule has 136 valence electrons. The molecule has 0 radical (unpaired) electrons. The van der Waals surface area contributed by atoms with Gasteiger partial charge in [-0.25, -0.2) is 22.0 Å². The number of nitrogens with zero attached hydrogens (tertiary/aromatic N) is 2. The number of cyclic esters (lactones) is 1. The van der Waals surface area contributed by atoms with Crippen LogP contribution < -0.4 is 14.9 Å². The number of sulfone groups is 1. The number of carboxylic acid groups (broad SMARTS) is 1. The van der Waals surface area contributed by atoms with Crippen LogP contribution in [0.1, 0.15) is 0 Å². The fourth-order valence-electron chi connectivity index (χ4n) is 2.74. The van der Waals surface area contributed by atoms with E-state index < -0.39 is 46.2 Å². The highest BCUT2D eigenvalue weighted by Crippen LogP contribution is 2.31. The minimum absolute atomic E-state index is 0.0476. The Bertz CT molecular complexity index is 807. The van der Waals surface area contributed by atoms with Crippen LogP contribution >= 0.6 is 0 Å². The molecule has 0 spiro atoms. The van der Waals surface area contributed by atoms with Crippen LogP contribution in [0.15, 0.2) is 12.1 Å². The van der Waals surface area contributed by atoms with E-state index in [0.717, 1.165) is 17.0 Å². The number of ether oxygens (including phenoxy) is 1. The molecular weight excluding hydrogens is 362 g/mol. The van der Waals surface area contributed by atoms with E-state index in [0.29, 0.717) is 0 Å². The van der Waals surface area contributed by atoms with Gasteiger partial charge in [-0.2, -0.15) is 0 Å². The Morgan fingerprint density at radius 3 is 2.24 bits per heavy atom. The topological polar surface area (TPSA) is 107 Å². The summed E-state index contributed by atoms with van der Waals surface area (Å²) in [5.74, 6) is -4.00. The largest absolute Gasteiger partial charge is 0.546 e. The Labute approximate surface area is 141 Å². The van der Waals surface area contributed by atoms with Crippen LogP contribution in [0.2, 0.25) is 0 Å². The third-order valence-corrected chi connectivity index (χ3v) is 5.66. The molecular formula is C14H13F2N2O6S-. The second kappa shape index (κ2) is 6.14. The van der Waals surface area contributed by atoms with Crippen molar-refractivity contribution in [3.63, 3.8) is 0 Å². The third-order valence-electron chi connectivity index (χ3n) is 4.05. The zero-order valence-corrected chi connectivity index (χ0v) is 13.6. The Balaban J connectivity index is 1.86. The maximum atomic E-state index is 14.4.